The number of aliphatic hydroxyl groups is 1. The van der Waals surface area contributed by atoms with Crippen molar-refractivity contribution in [2.75, 3.05) is 13.6 Å². The van der Waals surface area contributed by atoms with Gasteiger partial charge in [0.15, 0.2) is 5.82 Å². The number of hydrogen-bond acceptors (Lipinski definition) is 6. The van der Waals surface area contributed by atoms with E-state index in [2.05, 4.69) is 27.4 Å². The minimum Gasteiger partial charge on any atom is -0.392 e. The fraction of sp³-hybridized carbons (Fsp3) is 0.857. The van der Waals surface area contributed by atoms with E-state index in [9.17, 15) is 5.11 Å². The lowest BCUT2D eigenvalue weighted by atomic mass is 9.90. The standard InChI is InChI=1S/C14H22N4O2/c1-18-9-2-3-10(18)5-8(4-9)13-16-14(20-17-13)12-6-11(19)7-15-12/h8-12,15,19H,2-7H2,1H3/t8?,9?,10?,11-,12-/m0/s1. The highest BCUT2D eigenvalue weighted by Crippen LogP contribution is 2.41. The van der Waals surface area contributed by atoms with Crippen molar-refractivity contribution >= 4 is 0 Å². The second-order valence-corrected chi connectivity index (χ2v) is 6.56. The molecule has 2 N–H and O–H groups in total. The average molecular weight is 278 g/mol. The van der Waals surface area contributed by atoms with E-state index >= 15 is 0 Å². The van der Waals surface area contributed by atoms with Crippen molar-refractivity contribution in [3.8, 4) is 0 Å². The van der Waals surface area contributed by atoms with E-state index in [1.807, 2.05) is 0 Å². The third-order valence-corrected chi connectivity index (χ3v) is 5.33. The molecule has 3 aliphatic heterocycles. The van der Waals surface area contributed by atoms with Gasteiger partial charge in [-0.3, -0.25) is 0 Å². The number of fused-ring (bicyclic) bond motifs is 2. The van der Waals surface area contributed by atoms with Crippen molar-refractivity contribution in [2.24, 2.45) is 0 Å². The summed E-state index contributed by atoms with van der Waals surface area (Å²) in [5, 5.41) is 17.0. The molecular weight excluding hydrogens is 256 g/mol. The molecule has 6 heteroatoms. The number of β-amino-alcohol motifs (C(OH)–C–C–N with tert-alkyl or cyclic N) is 1. The molecule has 0 radical (unpaired) electrons. The number of aromatic nitrogens is 2. The highest BCUT2D eigenvalue weighted by atomic mass is 16.5. The smallest absolute Gasteiger partial charge is 0.243 e. The molecule has 2 bridgehead atoms. The maximum absolute atomic E-state index is 9.57. The van der Waals surface area contributed by atoms with Crippen LogP contribution in [0.3, 0.4) is 0 Å². The summed E-state index contributed by atoms with van der Waals surface area (Å²) in [4.78, 5) is 7.12. The zero-order chi connectivity index (χ0) is 13.7. The molecule has 3 fully saturated rings. The predicted molar refractivity (Wildman–Crippen MR) is 72.2 cm³/mol. The van der Waals surface area contributed by atoms with E-state index in [1.54, 1.807) is 0 Å². The Balaban J connectivity index is 1.48. The highest BCUT2D eigenvalue weighted by Gasteiger charge is 2.40. The molecule has 0 saturated carbocycles. The Bertz CT molecular complexity index is 477. The van der Waals surface area contributed by atoms with Gasteiger partial charge in [-0.05, 0) is 39.2 Å². The largest absolute Gasteiger partial charge is 0.392 e. The topological polar surface area (TPSA) is 74.4 Å². The first-order valence-corrected chi connectivity index (χ1v) is 7.67. The second kappa shape index (κ2) is 4.79. The van der Waals surface area contributed by atoms with E-state index < -0.39 is 0 Å². The fourth-order valence-corrected chi connectivity index (χ4v) is 4.08. The summed E-state index contributed by atoms with van der Waals surface area (Å²) in [7, 11) is 2.24. The van der Waals surface area contributed by atoms with Crippen molar-refractivity contribution in [2.45, 2.75) is 62.3 Å². The first-order chi connectivity index (χ1) is 9.70. The Morgan fingerprint density at radius 1 is 1.25 bits per heavy atom. The van der Waals surface area contributed by atoms with Crippen LogP contribution in [0.25, 0.3) is 0 Å². The van der Waals surface area contributed by atoms with Crippen LogP contribution >= 0.6 is 0 Å². The molecule has 20 heavy (non-hydrogen) atoms. The molecule has 110 valence electrons. The molecule has 1 aromatic rings. The molecule has 0 aromatic carbocycles. The van der Waals surface area contributed by atoms with E-state index in [0.717, 1.165) is 18.7 Å². The van der Waals surface area contributed by atoms with Crippen LogP contribution in [-0.2, 0) is 0 Å². The average Bonchev–Trinajstić information content (AvgIpc) is 3.10. The summed E-state index contributed by atoms with van der Waals surface area (Å²) in [6.07, 6.45) is 5.27. The lowest BCUT2D eigenvalue weighted by molar-refractivity contribution is 0.157. The van der Waals surface area contributed by atoms with Gasteiger partial charge in [0.25, 0.3) is 0 Å². The van der Waals surface area contributed by atoms with Gasteiger partial charge in [-0.2, -0.15) is 4.98 Å². The number of piperidine rings is 1. The summed E-state index contributed by atoms with van der Waals surface area (Å²) in [5.74, 6) is 1.95. The Labute approximate surface area is 118 Å². The van der Waals surface area contributed by atoms with Gasteiger partial charge in [0.05, 0.1) is 12.1 Å². The number of nitrogens with zero attached hydrogens (tertiary/aromatic N) is 3. The minimum absolute atomic E-state index is 0.0224. The SMILES string of the molecule is CN1C2CCC1CC(c1noc([C@@H]3C[C@H](O)CN3)n1)C2. The van der Waals surface area contributed by atoms with Crippen LogP contribution < -0.4 is 5.32 Å². The molecule has 1 aromatic heterocycles. The minimum atomic E-state index is -0.297. The summed E-state index contributed by atoms with van der Waals surface area (Å²) in [5.41, 5.74) is 0. The molecule has 0 amide bonds. The fourth-order valence-electron chi connectivity index (χ4n) is 4.08. The molecule has 4 rings (SSSR count). The van der Waals surface area contributed by atoms with Gasteiger partial charge in [-0.15, -0.1) is 0 Å². The maximum Gasteiger partial charge on any atom is 0.243 e. The molecule has 0 spiro atoms. The van der Waals surface area contributed by atoms with Crippen LogP contribution in [0.1, 0.15) is 55.8 Å². The van der Waals surface area contributed by atoms with Gasteiger partial charge in [0, 0.05) is 24.5 Å². The highest BCUT2D eigenvalue weighted by molar-refractivity contribution is 5.07. The Kier molecular flexibility index (Phi) is 3.05. The molecule has 2 unspecified atom stereocenters. The van der Waals surface area contributed by atoms with E-state index in [-0.39, 0.29) is 12.1 Å². The van der Waals surface area contributed by atoms with Crippen LogP contribution in [-0.4, -0.2) is 51.9 Å². The number of hydrogen-bond donors (Lipinski definition) is 2. The van der Waals surface area contributed by atoms with Crippen molar-refractivity contribution in [3.63, 3.8) is 0 Å². The first-order valence-electron chi connectivity index (χ1n) is 7.67. The lowest BCUT2D eigenvalue weighted by Gasteiger charge is -2.34. The molecule has 4 heterocycles. The van der Waals surface area contributed by atoms with Crippen molar-refractivity contribution in [1.82, 2.24) is 20.4 Å². The Hall–Kier alpha value is -0.980. The molecule has 0 aliphatic carbocycles. The molecule has 3 aliphatic rings. The van der Waals surface area contributed by atoms with Gasteiger partial charge < -0.3 is 19.8 Å². The zero-order valence-corrected chi connectivity index (χ0v) is 11.8. The van der Waals surface area contributed by atoms with Crippen LogP contribution in [0.15, 0.2) is 4.52 Å². The molecule has 3 saturated heterocycles. The van der Waals surface area contributed by atoms with Crippen LogP contribution in [0.5, 0.6) is 0 Å². The van der Waals surface area contributed by atoms with Crippen LogP contribution in [0.4, 0.5) is 0 Å². The summed E-state index contributed by atoms with van der Waals surface area (Å²) in [6.45, 7) is 0.612. The second-order valence-electron chi connectivity index (χ2n) is 6.56. The van der Waals surface area contributed by atoms with Gasteiger partial charge in [0.2, 0.25) is 5.89 Å². The number of aliphatic hydroxyl groups excluding tert-OH is 1. The van der Waals surface area contributed by atoms with E-state index in [1.165, 1.54) is 12.8 Å². The third-order valence-electron chi connectivity index (χ3n) is 5.33. The van der Waals surface area contributed by atoms with Gasteiger partial charge in [-0.1, -0.05) is 5.16 Å². The summed E-state index contributed by atoms with van der Waals surface area (Å²) >= 11 is 0. The Morgan fingerprint density at radius 3 is 2.65 bits per heavy atom. The van der Waals surface area contributed by atoms with E-state index in [4.69, 9.17) is 4.52 Å². The lowest BCUT2D eigenvalue weighted by Crippen LogP contribution is -2.39. The van der Waals surface area contributed by atoms with Crippen LogP contribution in [0, 0.1) is 0 Å². The predicted octanol–water partition coefficient (Wildman–Crippen LogP) is 0.805. The number of nitrogens with one attached hydrogen (secondary N) is 1. The van der Waals surface area contributed by atoms with Crippen molar-refractivity contribution in [3.05, 3.63) is 11.7 Å². The van der Waals surface area contributed by atoms with Crippen LogP contribution in [0.2, 0.25) is 0 Å². The first kappa shape index (κ1) is 12.7. The molecular formula is C14H22N4O2. The van der Waals surface area contributed by atoms with Gasteiger partial charge in [-0.25, -0.2) is 0 Å². The monoisotopic (exact) mass is 278 g/mol. The molecule has 6 nitrogen and oxygen atoms in total. The number of rotatable bonds is 2. The molecule has 4 atom stereocenters. The third kappa shape index (κ3) is 2.06. The van der Waals surface area contributed by atoms with E-state index in [0.29, 0.717) is 36.9 Å². The summed E-state index contributed by atoms with van der Waals surface area (Å²) in [6, 6.07) is 1.40. The summed E-state index contributed by atoms with van der Waals surface area (Å²) < 4.78 is 5.42. The van der Waals surface area contributed by atoms with Gasteiger partial charge >= 0.3 is 0 Å². The normalized spacial score (nSPS) is 41.4. The van der Waals surface area contributed by atoms with Crippen molar-refractivity contribution in [1.29, 1.82) is 0 Å². The Morgan fingerprint density at radius 2 is 2.00 bits per heavy atom. The van der Waals surface area contributed by atoms with Gasteiger partial charge in [0.1, 0.15) is 0 Å². The zero-order valence-electron chi connectivity index (χ0n) is 11.8. The van der Waals surface area contributed by atoms with Crippen molar-refractivity contribution < 1.29 is 9.63 Å². The maximum atomic E-state index is 9.57. The quantitative estimate of drug-likeness (QED) is 0.834.